The number of amides is 1. The van der Waals surface area contributed by atoms with Gasteiger partial charge < -0.3 is 10.3 Å². The van der Waals surface area contributed by atoms with Crippen LogP contribution in [0.1, 0.15) is 38.4 Å². The largest absolute Gasteiger partial charge is 0.326 e. The van der Waals surface area contributed by atoms with Crippen molar-refractivity contribution in [3.63, 3.8) is 0 Å². The van der Waals surface area contributed by atoms with Gasteiger partial charge in [-0.25, -0.2) is 18.1 Å². The Hall–Kier alpha value is -3.30. The van der Waals surface area contributed by atoms with Crippen molar-refractivity contribution in [3.05, 3.63) is 76.2 Å². The number of hydrogen-bond donors (Lipinski definition) is 3. The molecule has 1 aromatic heterocycles. The zero-order chi connectivity index (χ0) is 24.2. The Morgan fingerprint density at radius 3 is 2.39 bits per heavy atom. The van der Waals surface area contributed by atoms with E-state index in [4.69, 9.17) is 0 Å². The van der Waals surface area contributed by atoms with Crippen LogP contribution in [0.25, 0.3) is 11.4 Å². The minimum atomic E-state index is -3.60. The lowest BCUT2D eigenvalue weighted by Gasteiger charge is -2.20. The van der Waals surface area contributed by atoms with Gasteiger partial charge in [0.05, 0.1) is 4.90 Å². The highest BCUT2D eigenvalue weighted by molar-refractivity contribution is 7.89. The van der Waals surface area contributed by atoms with Gasteiger partial charge in [-0.15, -0.1) is 0 Å². The van der Waals surface area contributed by atoms with E-state index in [1.165, 1.54) is 6.07 Å². The summed E-state index contributed by atoms with van der Waals surface area (Å²) >= 11 is 0. The fraction of sp³-hybridized carbons (Fsp3) is 0.292. The molecule has 0 aliphatic heterocycles. The van der Waals surface area contributed by atoms with Crippen molar-refractivity contribution in [2.45, 2.75) is 51.0 Å². The first-order valence-corrected chi connectivity index (χ1v) is 12.0. The molecular formula is C24H28N4O4S. The number of aryl methyl sites for hydroxylation is 2. The standard InChI is InChI=1S/C24H28N4O4S/c1-16-14-22(30)27-23(25-16)18-6-5-7-19(15-18)26-21(29)13-10-17-8-11-20(12-9-17)33(31,32)28-24(2,3)4/h5-9,11-12,14-15,28H,10,13H2,1-4H3,(H,26,29)(H,25,27,30). The quantitative estimate of drug-likeness (QED) is 0.491. The first kappa shape index (κ1) is 24.3. The number of anilines is 1. The lowest BCUT2D eigenvalue weighted by atomic mass is 10.1. The lowest BCUT2D eigenvalue weighted by Crippen LogP contribution is -2.40. The Morgan fingerprint density at radius 1 is 1.06 bits per heavy atom. The summed E-state index contributed by atoms with van der Waals surface area (Å²) in [5.74, 6) is 0.260. The summed E-state index contributed by atoms with van der Waals surface area (Å²) in [6, 6.07) is 15.0. The summed E-state index contributed by atoms with van der Waals surface area (Å²) in [7, 11) is -3.60. The molecule has 0 radical (unpaired) electrons. The molecule has 9 heteroatoms. The predicted molar refractivity (Wildman–Crippen MR) is 128 cm³/mol. The molecule has 1 amide bonds. The fourth-order valence-electron chi connectivity index (χ4n) is 3.24. The van der Waals surface area contributed by atoms with Crippen molar-refractivity contribution >= 4 is 21.6 Å². The summed E-state index contributed by atoms with van der Waals surface area (Å²) in [4.78, 5) is 31.3. The van der Waals surface area contributed by atoms with Gasteiger partial charge in [0.15, 0.2) is 0 Å². The molecule has 1 heterocycles. The summed E-state index contributed by atoms with van der Waals surface area (Å²) in [6.45, 7) is 7.09. The number of benzene rings is 2. The zero-order valence-corrected chi connectivity index (χ0v) is 19.9. The number of carbonyl (C=O) groups excluding carboxylic acids is 1. The van der Waals surface area contributed by atoms with Gasteiger partial charge in [-0.05, 0) is 63.9 Å². The molecule has 0 spiro atoms. The number of aromatic amines is 1. The summed E-state index contributed by atoms with van der Waals surface area (Å²) in [6.07, 6.45) is 0.696. The molecule has 0 unspecified atom stereocenters. The third kappa shape index (κ3) is 7.10. The van der Waals surface area contributed by atoms with Crippen LogP contribution in [0.3, 0.4) is 0 Å². The number of carbonyl (C=O) groups is 1. The fourth-order valence-corrected chi connectivity index (χ4v) is 4.66. The summed E-state index contributed by atoms with van der Waals surface area (Å²) < 4.78 is 27.4. The zero-order valence-electron chi connectivity index (χ0n) is 19.1. The number of rotatable bonds is 7. The van der Waals surface area contributed by atoms with Crippen LogP contribution in [0.2, 0.25) is 0 Å². The molecule has 8 nitrogen and oxygen atoms in total. The van der Waals surface area contributed by atoms with E-state index < -0.39 is 15.6 Å². The van der Waals surface area contributed by atoms with Crippen LogP contribution in [0, 0.1) is 6.92 Å². The second kappa shape index (κ2) is 9.68. The Bertz CT molecular complexity index is 1310. The van der Waals surface area contributed by atoms with E-state index in [9.17, 15) is 18.0 Å². The number of H-pyrrole nitrogens is 1. The van der Waals surface area contributed by atoms with Crippen molar-refractivity contribution in [1.29, 1.82) is 0 Å². The average molecular weight is 469 g/mol. The lowest BCUT2D eigenvalue weighted by molar-refractivity contribution is -0.116. The van der Waals surface area contributed by atoms with E-state index in [0.29, 0.717) is 29.2 Å². The molecule has 0 atom stereocenters. The van der Waals surface area contributed by atoms with Gasteiger partial charge in [0.1, 0.15) is 5.82 Å². The van der Waals surface area contributed by atoms with E-state index in [-0.39, 0.29) is 22.8 Å². The topological polar surface area (TPSA) is 121 Å². The molecule has 0 saturated carbocycles. The molecule has 3 aromatic rings. The van der Waals surface area contributed by atoms with Crippen LogP contribution in [0.5, 0.6) is 0 Å². The maximum absolute atomic E-state index is 12.4. The van der Waals surface area contributed by atoms with E-state index in [2.05, 4.69) is 20.0 Å². The molecule has 0 bridgehead atoms. The highest BCUT2D eigenvalue weighted by Gasteiger charge is 2.21. The average Bonchev–Trinajstić information content (AvgIpc) is 2.70. The summed E-state index contributed by atoms with van der Waals surface area (Å²) in [5, 5.41) is 2.85. The van der Waals surface area contributed by atoms with Crippen LogP contribution in [-0.4, -0.2) is 29.8 Å². The first-order chi connectivity index (χ1) is 15.4. The first-order valence-electron chi connectivity index (χ1n) is 10.5. The van der Waals surface area contributed by atoms with Crippen LogP contribution in [-0.2, 0) is 21.2 Å². The van der Waals surface area contributed by atoms with E-state index in [0.717, 1.165) is 5.56 Å². The molecule has 0 fully saturated rings. The molecule has 0 saturated heterocycles. The minimum absolute atomic E-state index is 0.177. The third-order valence-corrected chi connectivity index (χ3v) is 6.38. The molecule has 0 aliphatic rings. The van der Waals surface area contributed by atoms with Gasteiger partial charge in [-0.3, -0.25) is 9.59 Å². The molecule has 2 aromatic carbocycles. The van der Waals surface area contributed by atoms with Gasteiger partial charge in [0.25, 0.3) is 5.56 Å². The number of aromatic nitrogens is 2. The Labute approximate surface area is 193 Å². The third-order valence-electron chi connectivity index (χ3n) is 4.60. The maximum Gasteiger partial charge on any atom is 0.251 e. The van der Waals surface area contributed by atoms with E-state index >= 15 is 0 Å². The normalized spacial score (nSPS) is 11.9. The van der Waals surface area contributed by atoms with Crippen LogP contribution in [0.4, 0.5) is 5.69 Å². The minimum Gasteiger partial charge on any atom is -0.326 e. The number of nitrogens with zero attached hydrogens (tertiary/aromatic N) is 1. The second-order valence-electron chi connectivity index (χ2n) is 8.86. The van der Waals surface area contributed by atoms with Gasteiger partial charge in [0.2, 0.25) is 15.9 Å². The highest BCUT2D eigenvalue weighted by Crippen LogP contribution is 2.19. The number of hydrogen-bond acceptors (Lipinski definition) is 5. The highest BCUT2D eigenvalue weighted by atomic mass is 32.2. The van der Waals surface area contributed by atoms with Crippen molar-refractivity contribution in [1.82, 2.24) is 14.7 Å². The Kier molecular flexibility index (Phi) is 7.14. The van der Waals surface area contributed by atoms with Crippen LogP contribution in [0.15, 0.2) is 64.3 Å². The Morgan fingerprint density at radius 2 is 1.76 bits per heavy atom. The Balaban J connectivity index is 1.61. The van der Waals surface area contributed by atoms with Crippen LogP contribution >= 0.6 is 0 Å². The van der Waals surface area contributed by atoms with E-state index in [1.54, 1.807) is 76.2 Å². The van der Waals surface area contributed by atoms with Gasteiger partial charge in [0, 0.05) is 35.0 Å². The van der Waals surface area contributed by atoms with Crippen molar-refractivity contribution in [2.75, 3.05) is 5.32 Å². The van der Waals surface area contributed by atoms with Crippen molar-refractivity contribution < 1.29 is 13.2 Å². The monoisotopic (exact) mass is 468 g/mol. The van der Waals surface area contributed by atoms with Gasteiger partial charge in [-0.2, -0.15) is 0 Å². The molecule has 0 aliphatic carbocycles. The van der Waals surface area contributed by atoms with Gasteiger partial charge >= 0.3 is 0 Å². The predicted octanol–water partition coefficient (Wildman–Crippen LogP) is 3.39. The second-order valence-corrected chi connectivity index (χ2v) is 10.5. The molecule has 3 N–H and O–H groups in total. The van der Waals surface area contributed by atoms with Gasteiger partial charge in [-0.1, -0.05) is 24.3 Å². The molecular weight excluding hydrogens is 440 g/mol. The molecule has 33 heavy (non-hydrogen) atoms. The van der Waals surface area contributed by atoms with Crippen molar-refractivity contribution in [3.8, 4) is 11.4 Å². The summed E-state index contributed by atoms with van der Waals surface area (Å²) in [5.41, 5.74) is 1.94. The number of sulfonamides is 1. The van der Waals surface area contributed by atoms with Crippen molar-refractivity contribution in [2.24, 2.45) is 0 Å². The maximum atomic E-state index is 12.4. The SMILES string of the molecule is Cc1cc(=O)[nH]c(-c2cccc(NC(=O)CCc3ccc(S(=O)(=O)NC(C)(C)C)cc3)c2)n1. The van der Waals surface area contributed by atoms with E-state index in [1.807, 2.05) is 0 Å². The molecule has 174 valence electrons. The molecule has 3 rings (SSSR count). The smallest absolute Gasteiger partial charge is 0.251 e. The number of nitrogens with one attached hydrogen (secondary N) is 3. The van der Waals surface area contributed by atoms with Crippen LogP contribution < -0.4 is 15.6 Å².